The summed E-state index contributed by atoms with van der Waals surface area (Å²) in [7, 11) is 0. The van der Waals surface area contributed by atoms with E-state index in [1.807, 2.05) is 11.5 Å². The number of fused-ring (bicyclic) bond motifs is 2. The number of likely N-dealkylation sites (tertiary alicyclic amines) is 1. The van der Waals surface area contributed by atoms with Gasteiger partial charge < -0.3 is 19.3 Å². The minimum Gasteiger partial charge on any atom is -0.450 e. The summed E-state index contributed by atoms with van der Waals surface area (Å²) in [6, 6.07) is 4.58. The molecular formula is C29H37FN4O5. The van der Waals surface area contributed by atoms with Gasteiger partial charge in [0.15, 0.2) is 5.58 Å². The molecule has 10 heteroatoms. The van der Waals surface area contributed by atoms with Gasteiger partial charge in [-0.25, -0.2) is 14.2 Å². The molecule has 3 aromatic rings. The number of halogens is 1. The zero-order valence-electron chi connectivity index (χ0n) is 22.7. The predicted molar refractivity (Wildman–Crippen MR) is 144 cm³/mol. The van der Waals surface area contributed by atoms with Crippen molar-refractivity contribution in [1.29, 1.82) is 0 Å². The normalized spacial score (nSPS) is 19.2. The maximum Gasteiger partial charge on any atom is 0.506 e. The van der Waals surface area contributed by atoms with Crippen molar-refractivity contribution in [3.8, 4) is 0 Å². The number of ether oxygens (including phenoxy) is 1. The minimum atomic E-state index is -1.24. The van der Waals surface area contributed by atoms with Crippen LogP contribution in [-0.2, 0) is 17.7 Å². The standard InChI is InChI=1S/C29H37FN4O5/c1-18(38-29(36)37)5-3-6-21-7-4-13-34-27(21)31-19(2)23(28(34)35)12-16-33-14-10-20(11-15-33)26-24-9-8-22(30)17-25(24)39-32-26/h8-9,17-18,20-21H,3-7,10-16H2,1-2H3,(H,36,37). The van der Waals surface area contributed by atoms with Crippen molar-refractivity contribution in [2.75, 3.05) is 19.6 Å². The summed E-state index contributed by atoms with van der Waals surface area (Å²) in [6.45, 7) is 7.03. The van der Waals surface area contributed by atoms with Crippen LogP contribution >= 0.6 is 0 Å². The lowest BCUT2D eigenvalue weighted by Crippen LogP contribution is -2.37. The summed E-state index contributed by atoms with van der Waals surface area (Å²) in [6.07, 6.45) is 5.26. The molecule has 2 unspecified atom stereocenters. The average Bonchev–Trinajstić information content (AvgIpc) is 3.32. The van der Waals surface area contributed by atoms with Crippen LogP contribution in [0, 0.1) is 12.7 Å². The first-order valence-corrected chi connectivity index (χ1v) is 14.1. The SMILES string of the molecule is Cc1nc2n(c(=O)c1CCN1CCC(c3noc4cc(F)ccc34)CC1)CCCC2CCCC(C)OC(=O)O. The van der Waals surface area contributed by atoms with E-state index in [9.17, 15) is 14.0 Å². The number of aromatic nitrogens is 3. The summed E-state index contributed by atoms with van der Waals surface area (Å²) in [5.74, 6) is 1.04. The molecule has 2 aromatic heterocycles. The third kappa shape index (κ3) is 6.16. The van der Waals surface area contributed by atoms with E-state index in [-0.39, 0.29) is 29.3 Å². The van der Waals surface area contributed by atoms with Gasteiger partial charge in [0, 0.05) is 47.6 Å². The van der Waals surface area contributed by atoms with Crippen LogP contribution in [0.25, 0.3) is 11.0 Å². The highest BCUT2D eigenvalue weighted by molar-refractivity contribution is 5.79. The highest BCUT2D eigenvalue weighted by Crippen LogP contribution is 2.33. The van der Waals surface area contributed by atoms with Crippen molar-refractivity contribution >= 4 is 17.1 Å². The van der Waals surface area contributed by atoms with Gasteiger partial charge in [-0.1, -0.05) is 5.16 Å². The van der Waals surface area contributed by atoms with E-state index in [0.717, 1.165) is 86.3 Å². The van der Waals surface area contributed by atoms with Crippen molar-refractivity contribution in [2.45, 2.75) is 89.7 Å². The van der Waals surface area contributed by atoms with E-state index in [0.29, 0.717) is 25.0 Å². The smallest absolute Gasteiger partial charge is 0.450 e. The Balaban J connectivity index is 1.18. The highest BCUT2D eigenvalue weighted by Gasteiger charge is 2.27. The minimum absolute atomic E-state index is 0.0842. The van der Waals surface area contributed by atoms with Crippen molar-refractivity contribution in [1.82, 2.24) is 19.6 Å². The number of hydrogen-bond donors (Lipinski definition) is 1. The number of hydrogen-bond acceptors (Lipinski definition) is 7. The second-order valence-electron chi connectivity index (χ2n) is 11.0. The lowest BCUT2D eigenvalue weighted by atomic mass is 9.91. The van der Waals surface area contributed by atoms with Gasteiger partial charge in [-0.2, -0.15) is 0 Å². The molecular weight excluding hydrogens is 503 g/mol. The van der Waals surface area contributed by atoms with Crippen LogP contribution in [0.15, 0.2) is 27.5 Å². The summed E-state index contributed by atoms with van der Waals surface area (Å²) in [5.41, 5.74) is 3.11. The highest BCUT2D eigenvalue weighted by atomic mass is 19.1. The first kappa shape index (κ1) is 27.3. The number of aryl methyl sites for hydroxylation is 1. The molecule has 2 aliphatic rings. The van der Waals surface area contributed by atoms with Crippen LogP contribution in [0.1, 0.15) is 86.5 Å². The Morgan fingerprint density at radius 1 is 1.26 bits per heavy atom. The van der Waals surface area contributed by atoms with Gasteiger partial charge in [0.25, 0.3) is 5.56 Å². The fraction of sp³-hybridized carbons (Fsp3) is 0.586. The monoisotopic (exact) mass is 540 g/mol. The molecule has 0 aliphatic carbocycles. The van der Waals surface area contributed by atoms with Gasteiger partial charge in [-0.05, 0) is 90.4 Å². The molecule has 0 radical (unpaired) electrons. The summed E-state index contributed by atoms with van der Waals surface area (Å²) in [4.78, 5) is 31.5. The largest absolute Gasteiger partial charge is 0.506 e. The van der Waals surface area contributed by atoms with Crippen LogP contribution in [0.5, 0.6) is 0 Å². The number of nitrogens with zero attached hydrogens (tertiary/aromatic N) is 4. The molecule has 4 heterocycles. The summed E-state index contributed by atoms with van der Waals surface area (Å²) in [5, 5.41) is 13.9. The zero-order valence-corrected chi connectivity index (χ0v) is 22.7. The van der Waals surface area contributed by atoms with Crippen molar-refractivity contribution < 1.29 is 23.6 Å². The van der Waals surface area contributed by atoms with Gasteiger partial charge >= 0.3 is 6.16 Å². The van der Waals surface area contributed by atoms with E-state index in [1.165, 1.54) is 12.1 Å². The molecule has 5 rings (SSSR count). The Morgan fingerprint density at radius 3 is 2.82 bits per heavy atom. The second-order valence-corrected chi connectivity index (χ2v) is 11.0. The van der Waals surface area contributed by atoms with Gasteiger partial charge in [0.05, 0.1) is 5.69 Å². The molecule has 1 saturated heterocycles. The van der Waals surface area contributed by atoms with Crippen LogP contribution < -0.4 is 5.56 Å². The number of benzene rings is 1. The molecule has 0 saturated carbocycles. The van der Waals surface area contributed by atoms with Crippen LogP contribution in [-0.4, -0.2) is 56.6 Å². The molecule has 210 valence electrons. The van der Waals surface area contributed by atoms with E-state index >= 15 is 0 Å². The molecule has 0 spiro atoms. The van der Waals surface area contributed by atoms with E-state index in [1.54, 1.807) is 13.0 Å². The fourth-order valence-corrected chi connectivity index (χ4v) is 6.24. The number of rotatable bonds is 9. The molecule has 9 nitrogen and oxygen atoms in total. The van der Waals surface area contributed by atoms with Gasteiger partial charge in [0.2, 0.25) is 0 Å². The Bertz CT molecular complexity index is 1380. The maximum absolute atomic E-state index is 13.5. The van der Waals surface area contributed by atoms with Gasteiger partial charge in [-0.3, -0.25) is 9.36 Å². The summed E-state index contributed by atoms with van der Waals surface area (Å²) >= 11 is 0. The fourth-order valence-electron chi connectivity index (χ4n) is 6.24. The maximum atomic E-state index is 13.5. The molecule has 1 aromatic carbocycles. The lowest BCUT2D eigenvalue weighted by molar-refractivity contribution is 0.0545. The third-order valence-corrected chi connectivity index (χ3v) is 8.38. The lowest BCUT2D eigenvalue weighted by Gasteiger charge is -2.31. The van der Waals surface area contributed by atoms with Crippen molar-refractivity contribution in [2.24, 2.45) is 0 Å². The Labute approximate surface area is 226 Å². The first-order chi connectivity index (χ1) is 18.8. The Hall–Kier alpha value is -3.27. The number of carbonyl (C=O) groups is 1. The average molecular weight is 541 g/mol. The quantitative estimate of drug-likeness (QED) is 0.360. The number of piperidine rings is 1. The topological polar surface area (TPSA) is 111 Å². The molecule has 2 aliphatic heterocycles. The zero-order chi connectivity index (χ0) is 27.5. The molecule has 0 amide bonds. The molecule has 39 heavy (non-hydrogen) atoms. The van der Waals surface area contributed by atoms with Crippen LogP contribution in [0.2, 0.25) is 0 Å². The molecule has 0 bridgehead atoms. The summed E-state index contributed by atoms with van der Waals surface area (Å²) < 4.78 is 25.5. The van der Waals surface area contributed by atoms with E-state index < -0.39 is 6.16 Å². The van der Waals surface area contributed by atoms with Crippen LogP contribution in [0.3, 0.4) is 0 Å². The van der Waals surface area contributed by atoms with E-state index in [4.69, 9.17) is 19.4 Å². The van der Waals surface area contributed by atoms with E-state index in [2.05, 4.69) is 10.1 Å². The van der Waals surface area contributed by atoms with Gasteiger partial charge in [-0.15, -0.1) is 0 Å². The van der Waals surface area contributed by atoms with Gasteiger partial charge in [0.1, 0.15) is 17.7 Å². The second kappa shape index (κ2) is 11.9. The Morgan fingerprint density at radius 2 is 2.05 bits per heavy atom. The predicted octanol–water partition coefficient (Wildman–Crippen LogP) is 5.38. The first-order valence-electron chi connectivity index (χ1n) is 14.1. The van der Waals surface area contributed by atoms with Crippen LogP contribution in [0.4, 0.5) is 9.18 Å². The molecule has 2 atom stereocenters. The van der Waals surface area contributed by atoms with Crippen molar-refractivity contribution in [3.05, 3.63) is 57.1 Å². The Kier molecular flexibility index (Phi) is 8.30. The molecule has 1 N–H and O–H groups in total. The number of carboxylic acid groups (broad SMARTS) is 1. The van der Waals surface area contributed by atoms with Crippen molar-refractivity contribution in [3.63, 3.8) is 0 Å². The third-order valence-electron chi connectivity index (χ3n) is 8.38. The molecule has 1 fully saturated rings.